The summed E-state index contributed by atoms with van der Waals surface area (Å²) in [5.41, 5.74) is 0. The van der Waals surface area contributed by atoms with Crippen LogP contribution in [0.1, 0.15) is 32.1 Å². The van der Waals surface area contributed by atoms with Crippen molar-refractivity contribution in [1.82, 2.24) is 0 Å². The lowest BCUT2D eigenvalue weighted by Crippen LogP contribution is -2.14. The highest BCUT2D eigenvalue weighted by atomic mass is 35.6. The molecule has 0 amide bonds. The molecular weight excluding hydrogens is 214 g/mol. The molecule has 2 nitrogen and oxygen atoms in total. The van der Waals surface area contributed by atoms with Crippen molar-refractivity contribution >= 4 is 24.5 Å². The Bertz CT molecular complexity index is 185. The van der Waals surface area contributed by atoms with Crippen LogP contribution in [0.15, 0.2) is 4.99 Å². The van der Waals surface area contributed by atoms with E-state index in [0.717, 1.165) is 12.8 Å². The Kier molecular flexibility index (Phi) is 8.15. The first-order valence-electron chi connectivity index (χ1n) is 5.29. The fraction of sp³-hybridized carbons (Fsp3) is 0.900. The minimum Gasteiger partial charge on any atom is -0.211 e. The number of aliphatic imine (C=N–C) groups is 1. The van der Waals surface area contributed by atoms with E-state index in [4.69, 9.17) is 11.1 Å². The van der Waals surface area contributed by atoms with Crippen molar-refractivity contribution in [3.8, 4) is 0 Å². The summed E-state index contributed by atoms with van der Waals surface area (Å²) in [6.45, 7) is 5.01. The minimum atomic E-state index is -1.34. The van der Waals surface area contributed by atoms with Gasteiger partial charge in [-0.3, -0.25) is 0 Å². The normalized spacial score (nSPS) is 11.1. The molecule has 0 aliphatic heterocycles. The third-order valence-electron chi connectivity index (χ3n) is 2.11. The van der Waals surface area contributed by atoms with Crippen molar-refractivity contribution in [2.45, 2.75) is 51.2 Å². The molecule has 0 unspecified atom stereocenters. The molecular formula is C10H20ClNOSi. The van der Waals surface area contributed by atoms with Crippen molar-refractivity contribution < 1.29 is 4.79 Å². The minimum absolute atomic E-state index is 0.638. The zero-order valence-corrected chi connectivity index (χ0v) is 10.9. The highest BCUT2D eigenvalue weighted by molar-refractivity contribution is 7.19. The topological polar surface area (TPSA) is 29.4 Å². The van der Waals surface area contributed by atoms with E-state index < -0.39 is 7.38 Å². The van der Waals surface area contributed by atoms with Crippen LogP contribution in [0.25, 0.3) is 0 Å². The lowest BCUT2D eigenvalue weighted by atomic mass is 10.1. The summed E-state index contributed by atoms with van der Waals surface area (Å²) in [5.74, 6) is 0. The quantitative estimate of drug-likeness (QED) is 0.207. The van der Waals surface area contributed by atoms with Gasteiger partial charge in [-0.05, 0) is 12.5 Å². The van der Waals surface area contributed by atoms with E-state index in [1.807, 2.05) is 0 Å². The fourth-order valence-corrected chi connectivity index (χ4v) is 2.80. The van der Waals surface area contributed by atoms with Crippen molar-refractivity contribution in [1.29, 1.82) is 0 Å². The largest absolute Gasteiger partial charge is 0.234 e. The zero-order chi connectivity index (χ0) is 10.9. The van der Waals surface area contributed by atoms with Gasteiger partial charge < -0.3 is 0 Å². The first-order valence-corrected chi connectivity index (χ1v) is 9.51. The van der Waals surface area contributed by atoms with E-state index in [1.165, 1.54) is 25.3 Å². The van der Waals surface area contributed by atoms with Gasteiger partial charge in [0.1, 0.15) is 7.38 Å². The third-order valence-corrected chi connectivity index (χ3v) is 4.22. The van der Waals surface area contributed by atoms with Crippen molar-refractivity contribution in [3.63, 3.8) is 0 Å². The van der Waals surface area contributed by atoms with Crippen molar-refractivity contribution in [2.75, 3.05) is 6.54 Å². The summed E-state index contributed by atoms with van der Waals surface area (Å²) in [4.78, 5) is 13.3. The van der Waals surface area contributed by atoms with E-state index in [9.17, 15) is 4.79 Å². The number of hydrogen-bond donors (Lipinski definition) is 0. The SMILES string of the molecule is C[Si](C)(Cl)CCCCCCCN=C=O. The molecule has 0 saturated heterocycles. The second-order valence-electron chi connectivity index (χ2n) is 4.21. The number of halogens is 1. The Morgan fingerprint density at radius 1 is 1.14 bits per heavy atom. The number of isocyanates is 1. The molecule has 0 fully saturated rings. The molecule has 0 aliphatic carbocycles. The molecule has 4 heteroatoms. The van der Waals surface area contributed by atoms with Gasteiger partial charge in [0.05, 0.1) is 6.54 Å². The molecule has 0 aliphatic rings. The number of unbranched alkanes of at least 4 members (excludes halogenated alkanes) is 4. The molecule has 0 aromatic carbocycles. The van der Waals surface area contributed by atoms with Crippen LogP contribution in [-0.2, 0) is 4.79 Å². The van der Waals surface area contributed by atoms with Gasteiger partial charge in [0.25, 0.3) is 0 Å². The van der Waals surface area contributed by atoms with E-state index in [0.29, 0.717) is 6.54 Å². The van der Waals surface area contributed by atoms with Crippen molar-refractivity contribution in [2.24, 2.45) is 4.99 Å². The Morgan fingerprint density at radius 2 is 1.71 bits per heavy atom. The summed E-state index contributed by atoms with van der Waals surface area (Å²) in [5, 5.41) is 0. The van der Waals surface area contributed by atoms with Crippen LogP contribution in [0.5, 0.6) is 0 Å². The maximum Gasteiger partial charge on any atom is 0.234 e. The summed E-state index contributed by atoms with van der Waals surface area (Å²) < 4.78 is 0. The van der Waals surface area contributed by atoms with Crippen LogP contribution < -0.4 is 0 Å². The number of nitrogens with zero attached hydrogens (tertiary/aromatic N) is 1. The van der Waals surface area contributed by atoms with Gasteiger partial charge in [-0.1, -0.05) is 38.8 Å². The average molecular weight is 234 g/mol. The maximum atomic E-state index is 9.75. The third kappa shape index (κ3) is 11.9. The van der Waals surface area contributed by atoms with Crippen LogP contribution in [0.3, 0.4) is 0 Å². The Balaban J connectivity index is 3.10. The first-order chi connectivity index (χ1) is 6.56. The Hall–Kier alpha value is -0.113. The molecule has 82 valence electrons. The number of hydrogen-bond acceptors (Lipinski definition) is 2. The molecule has 0 aromatic heterocycles. The van der Waals surface area contributed by atoms with E-state index >= 15 is 0 Å². The summed E-state index contributed by atoms with van der Waals surface area (Å²) >= 11 is 6.20. The Labute approximate surface area is 92.5 Å². The molecule has 0 atom stereocenters. The van der Waals surface area contributed by atoms with Gasteiger partial charge in [0.15, 0.2) is 0 Å². The lowest BCUT2D eigenvalue weighted by Gasteiger charge is -2.11. The predicted octanol–water partition coefficient (Wildman–Crippen LogP) is 3.72. The molecule has 0 spiro atoms. The first kappa shape index (κ1) is 13.9. The van der Waals surface area contributed by atoms with Gasteiger partial charge in [0.2, 0.25) is 6.08 Å². The molecule has 0 rings (SSSR count). The fourth-order valence-electron chi connectivity index (χ4n) is 1.31. The zero-order valence-electron chi connectivity index (χ0n) is 9.18. The average Bonchev–Trinajstić information content (AvgIpc) is 2.08. The molecule has 0 saturated carbocycles. The summed E-state index contributed by atoms with van der Waals surface area (Å²) in [6.07, 6.45) is 7.47. The maximum absolute atomic E-state index is 9.75. The Morgan fingerprint density at radius 3 is 2.29 bits per heavy atom. The second-order valence-corrected chi connectivity index (χ2v) is 11.2. The monoisotopic (exact) mass is 233 g/mol. The number of rotatable bonds is 8. The molecule has 0 bridgehead atoms. The van der Waals surface area contributed by atoms with Crippen LogP contribution in [-0.4, -0.2) is 20.0 Å². The van der Waals surface area contributed by atoms with E-state index in [-0.39, 0.29) is 0 Å². The molecule has 0 heterocycles. The molecule has 0 N–H and O–H groups in total. The highest BCUT2D eigenvalue weighted by Gasteiger charge is 2.15. The predicted molar refractivity (Wildman–Crippen MR) is 64.2 cm³/mol. The van der Waals surface area contributed by atoms with Crippen LogP contribution in [0.4, 0.5) is 0 Å². The highest BCUT2D eigenvalue weighted by Crippen LogP contribution is 2.18. The van der Waals surface area contributed by atoms with Crippen LogP contribution >= 0.6 is 11.1 Å². The smallest absolute Gasteiger partial charge is 0.211 e. The molecule has 14 heavy (non-hydrogen) atoms. The van der Waals surface area contributed by atoms with E-state index in [1.54, 1.807) is 6.08 Å². The summed E-state index contributed by atoms with van der Waals surface area (Å²) in [6, 6.07) is 1.21. The van der Waals surface area contributed by atoms with Crippen molar-refractivity contribution in [3.05, 3.63) is 0 Å². The van der Waals surface area contributed by atoms with E-state index in [2.05, 4.69) is 18.1 Å². The van der Waals surface area contributed by atoms with Gasteiger partial charge >= 0.3 is 0 Å². The standard InChI is InChI=1S/C10H20ClNOSi/c1-14(2,11)9-7-5-3-4-6-8-12-10-13/h3-9H2,1-2H3. The second kappa shape index (κ2) is 8.22. The molecule has 0 radical (unpaired) electrons. The lowest BCUT2D eigenvalue weighted by molar-refractivity contribution is 0.560. The van der Waals surface area contributed by atoms with Crippen LogP contribution in [0.2, 0.25) is 19.1 Å². The number of carbonyl (C=O) groups excluding carboxylic acids is 1. The summed E-state index contributed by atoms with van der Waals surface area (Å²) in [7, 11) is -1.34. The van der Waals surface area contributed by atoms with Crippen LogP contribution in [0, 0.1) is 0 Å². The van der Waals surface area contributed by atoms with Gasteiger partial charge in [-0.25, -0.2) is 9.79 Å². The van der Waals surface area contributed by atoms with Gasteiger partial charge in [-0.2, -0.15) is 11.1 Å². The van der Waals surface area contributed by atoms with Gasteiger partial charge in [0, 0.05) is 0 Å². The van der Waals surface area contributed by atoms with Gasteiger partial charge in [-0.15, -0.1) is 0 Å². The molecule has 0 aromatic rings.